The number of unbranched alkanes of at least 4 members (excludes halogenated alkanes) is 19. The Morgan fingerprint density at radius 3 is 0.985 bits per heavy atom. The molecule has 0 N–H and O–H groups in total. The summed E-state index contributed by atoms with van der Waals surface area (Å²) in [6.45, 7) is 6.23. The molecule has 66 heavy (non-hydrogen) atoms. The van der Waals surface area contributed by atoms with E-state index >= 15 is 0 Å². The Balaban J connectivity index is 4.59. The van der Waals surface area contributed by atoms with E-state index in [1.54, 1.807) is 0 Å². The number of esters is 3. The maximum atomic E-state index is 12.8. The zero-order valence-electron chi connectivity index (χ0n) is 41.9. The third-order valence-corrected chi connectivity index (χ3v) is 10.4. The van der Waals surface area contributed by atoms with Gasteiger partial charge in [-0.3, -0.25) is 14.4 Å². The summed E-state index contributed by atoms with van der Waals surface area (Å²) in [6.07, 6.45) is 75.5. The Hall–Kier alpha value is -4.71. The van der Waals surface area contributed by atoms with Gasteiger partial charge in [0, 0.05) is 19.3 Å². The van der Waals surface area contributed by atoms with Gasteiger partial charge >= 0.3 is 17.9 Å². The third kappa shape index (κ3) is 50.3. The maximum Gasteiger partial charge on any atom is 0.306 e. The summed E-state index contributed by atoms with van der Waals surface area (Å²) < 4.78 is 16.7. The van der Waals surface area contributed by atoms with Crippen molar-refractivity contribution in [1.29, 1.82) is 0 Å². The van der Waals surface area contributed by atoms with Crippen LogP contribution in [0.15, 0.2) is 146 Å². The summed E-state index contributed by atoms with van der Waals surface area (Å²) >= 11 is 0. The summed E-state index contributed by atoms with van der Waals surface area (Å²) in [5.41, 5.74) is 0. The molecule has 0 radical (unpaired) electrons. The lowest BCUT2D eigenvalue weighted by Gasteiger charge is -2.18. The zero-order valence-corrected chi connectivity index (χ0v) is 41.9. The second kappa shape index (κ2) is 52.9. The Morgan fingerprint density at radius 2 is 0.606 bits per heavy atom. The summed E-state index contributed by atoms with van der Waals surface area (Å²) in [5, 5.41) is 0. The van der Waals surface area contributed by atoms with Crippen molar-refractivity contribution >= 4 is 17.9 Å². The molecule has 0 aromatic carbocycles. The van der Waals surface area contributed by atoms with Crippen molar-refractivity contribution in [3.05, 3.63) is 146 Å². The molecule has 1 atom stereocenters. The van der Waals surface area contributed by atoms with Gasteiger partial charge in [-0.1, -0.05) is 269 Å². The molecule has 1 unspecified atom stereocenters. The molecule has 0 aliphatic rings. The van der Waals surface area contributed by atoms with Crippen molar-refractivity contribution in [2.45, 2.75) is 200 Å². The van der Waals surface area contributed by atoms with E-state index in [0.29, 0.717) is 19.3 Å². The van der Waals surface area contributed by atoms with Crippen molar-refractivity contribution < 1.29 is 28.6 Å². The van der Waals surface area contributed by atoms with E-state index in [0.717, 1.165) is 57.8 Å². The first-order valence-electron chi connectivity index (χ1n) is 26.0. The molecule has 0 aromatic rings. The van der Waals surface area contributed by atoms with Crippen LogP contribution in [0.1, 0.15) is 194 Å². The van der Waals surface area contributed by atoms with Crippen LogP contribution < -0.4 is 0 Å². The zero-order chi connectivity index (χ0) is 47.9. The van der Waals surface area contributed by atoms with Gasteiger partial charge < -0.3 is 14.2 Å². The number of rotatable bonds is 44. The topological polar surface area (TPSA) is 78.9 Å². The number of ether oxygens (including phenoxy) is 3. The molecule has 6 heteroatoms. The van der Waals surface area contributed by atoms with Crippen LogP contribution in [0.4, 0.5) is 0 Å². The Morgan fingerprint density at radius 1 is 0.318 bits per heavy atom. The molecular formula is C60H92O6. The van der Waals surface area contributed by atoms with Gasteiger partial charge in [-0.25, -0.2) is 0 Å². The smallest absolute Gasteiger partial charge is 0.306 e. The van der Waals surface area contributed by atoms with Gasteiger partial charge in [0.2, 0.25) is 0 Å². The lowest BCUT2D eigenvalue weighted by atomic mass is 10.0. The fourth-order valence-corrected chi connectivity index (χ4v) is 6.57. The summed E-state index contributed by atoms with van der Waals surface area (Å²) in [6, 6.07) is 0. The fourth-order valence-electron chi connectivity index (χ4n) is 6.57. The molecule has 0 saturated carbocycles. The monoisotopic (exact) mass is 909 g/mol. The second-order valence-electron chi connectivity index (χ2n) is 16.6. The minimum absolute atomic E-state index is 0.129. The van der Waals surface area contributed by atoms with Crippen molar-refractivity contribution in [1.82, 2.24) is 0 Å². The van der Waals surface area contributed by atoms with Crippen LogP contribution in [0.2, 0.25) is 0 Å². The molecule has 6 nitrogen and oxygen atoms in total. The van der Waals surface area contributed by atoms with Crippen molar-refractivity contribution in [3.63, 3.8) is 0 Å². The number of hydrogen-bond donors (Lipinski definition) is 0. The number of carbonyl (C=O) groups excluding carboxylic acids is 3. The Bertz CT molecular complexity index is 1510. The van der Waals surface area contributed by atoms with E-state index in [9.17, 15) is 14.4 Å². The van der Waals surface area contributed by atoms with Crippen LogP contribution >= 0.6 is 0 Å². The van der Waals surface area contributed by atoms with Gasteiger partial charge in [-0.2, -0.15) is 0 Å². The highest BCUT2D eigenvalue weighted by Crippen LogP contribution is 2.15. The molecule has 0 saturated heterocycles. The Labute approximate surface area is 404 Å². The molecule has 0 spiro atoms. The summed E-state index contributed by atoms with van der Waals surface area (Å²) in [5.74, 6) is -1.05. The largest absolute Gasteiger partial charge is 0.462 e. The van der Waals surface area contributed by atoms with E-state index in [2.05, 4.69) is 39.0 Å². The number of allylic oxidation sites excluding steroid dienone is 24. The first-order valence-corrected chi connectivity index (χ1v) is 26.0. The van der Waals surface area contributed by atoms with Crippen molar-refractivity contribution in [2.75, 3.05) is 13.2 Å². The van der Waals surface area contributed by atoms with Crippen molar-refractivity contribution in [2.24, 2.45) is 0 Å². The fraction of sp³-hybridized carbons (Fsp3) is 0.550. The highest BCUT2D eigenvalue weighted by atomic mass is 16.6. The minimum atomic E-state index is -0.830. The quantitative estimate of drug-likeness (QED) is 0.0262. The molecule has 0 fully saturated rings. The van der Waals surface area contributed by atoms with Crippen LogP contribution in [-0.4, -0.2) is 37.2 Å². The van der Waals surface area contributed by atoms with Crippen LogP contribution in [0.5, 0.6) is 0 Å². The molecule has 0 aliphatic carbocycles. The molecule has 0 bridgehead atoms. The van der Waals surface area contributed by atoms with Gasteiger partial charge in [0.05, 0.1) is 0 Å². The molecule has 0 rings (SSSR count). The Kier molecular flexibility index (Phi) is 49.1. The molecule has 0 aromatic heterocycles. The van der Waals surface area contributed by atoms with Crippen LogP contribution in [0.3, 0.4) is 0 Å². The first-order chi connectivity index (χ1) is 32.5. The molecule has 0 heterocycles. The van der Waals surface area contributed by atoms with Crippen LogP contribution in [0.25, 0.3) is 0 Å². The molecule has 368 valence electrons. The van der Waals surface area contributed by atoms with E-state index in [1.807, 2.05) is 128 Å². The first kappa shape index (κ1) is 61.3. The standard InChI is InChI=1S/C60H92O6/c1-4-7-10-13-16-19-22-25-27-29-30-31-33-35-38-41-44-47-50-53-59(62)65-56-57(55-64-58(61)52-49-46-43-40-37-34-24-21-18-15-12-9-6-3)66-60(63)54-51-48-45-42-39-36-32-28-26-23-20-17-14-11-8-5-2/h7,9-10,12-13,15-16,18-19,21-22,24-25,27,29-31,33-35,37-38,40,43,57H,4-6,8,11,14,17,20,23,26,28,32,36,39,41-42,44-56H2,1-3H3/b10-7+,12-9+,16-13+,18-15+,22-19+,24-21+,27-25+,30-29+,33-31+,37-34+,38-35+,43-40+. The predicted octanol–water partition coefficient (Wildman–Crippen LogP) is 17.3. The third-order valence-electron chi connectivity index (χ3n) is 10.4. The number of carbonyl (C=O) groups is 3. The maximum absolute atomic E-state index is 12.8. The van der Waals surface area contributed by atoms with E-state index < -0.39 is 6.10 Å². The normalized spacial score (nSPS) is 13.3. The van der Waals surface area contributed by atoms with Gasteiger partial charge in [0.25, 0.3) is 0 Å². The van der Waals surface area contributed by atoms with Crippen molar-refractivity contribution in [3.8, 4) is 0 Å². The van der Waals surface area contributed by atoms with Gasteiger partial charge in [-0.05, 0) is 51.4 Å². The average Bonchev–Trinajstić information content (AvgIpc) is 3.31. The molecular weight excluding hydrogens is 817 g/mol. The molecule has 0 amide bonds. The lowest BCUT2D eigenvalue weighted by molar-refractivity contribution is -0.167. The number of hydrogen-bond acceptors (Lipinski definition) is 6. The predicted molar refractivity (Wildman–Crippen MR) is 283 cm³/mol. The summed E-state index contributed by atoms with van der Waals surface area (Å²) in [4.78, 5) is 38.0. The highest BCUT2D eigenvalue weighted by molar-refractivity contribution is 5.71. The second-order valence-corrected chi connectivity index (χ2v) is 16.6. The minimum Gasteiger partial charge on any atom is -0.462 e. The molecule has 0 aliphatic heterocycles. The SMILES string of the molecule is CC/C=C/C=C/C=C/C=C/C=C/C=C/C=C/CCCCCC(=O)OCC(COC(=O)CCC/C=C/C=C/C=C/C=C/C=C/CC)OC(=O)CCCCCCCCCCCCCCCCCC. The van der Waals surface area contributed by atoms with Gasteiger partial charge in [0.15, 0.2) is 6.10 Å². The van der Waals surface area contributed by atoms with E-state index in [4.69, 9.17) is 14.2 Å². The van der Waals surface area contributed by atoms with E-state index in [1.165, 1.54) is 83.5 Å². The lowest BCUT2D eigenvalue weighted by Crippen LogP contribution is -2.30. The van der Waals surface area contributed by atoms with Crippen LogP contribution in [0, 0.1) is 0 Å². The van der Waals surface area contributed by atoms with Gasteiger partial charge in [-0.15, -0.1) is 0 Å². The highest BCUT2D eigenvalue weighted by Gasteiger charge is 2.19. The summed E-state index contributed by atoms with van der Waals surface area (Å²) in [7, 11) is 0. The average molecular weight is 909 g/mol. The van der Waals surface area contributed by atoms with Gasteiger partial charge in [0.1, 0.15) is 13.2 Å². The van der Waals surface area contributed by atoms with Crippen LogP contribution in [-0.2, 0) is 28.6 Å². The van der Waals surface area contributed by atoms with E-state index in [-0.39, 0.29) is 44.0 Å².